The number of hydrogen-bond acceptors (Lipinski definition) is 9. The summed E-state index contributed by atoms with van der Waals surface area (Å²) in [4.78, 5) is 27.1. The highest BCUT2D eigenvalue weighted by molar-refractivity contribution is 6.00. The van der Waals surface area contributed by atoms with Crippen molar-refractivity contribution in [2.75, 3.05) is 52.9 Å². The predicted molar refractivity (Wildman–Crippen MR) is 141 cm³/mol. The van der Waals surface area contributed by atoms with E-state index in [1.165, 1.54) is 10.9 Å². The van der Waals surface area contributed by atoms with Crippen LogP contribution in [0, 0.1) is 11.3 Å². The number of ether oxygens (including phenoxy) is 4. The van der Waals surface area contributed by atoms with Crippen LogP contribution in [0.15, 0.2) is 48.1 Å². The lowest BCUT2D eigenvalue weighted by molar-refractivity contribution is -0.139. The standard InChI is InChI=1S/C28H39N3O7/c1-28(2,3)22-19-21(20-25(27(22)34)31-29-23-7-4-5-8-24(23)30-31)9-10-26(33)38-18-17-37-16-15-36-14-13-35-12-6-11-32/h4-5,7-10,19,21,25,32H,6,11-18,20H2,1-3H3. The van der Waals surface area contributed by atoms with Crippen LogP contribution in [-0.2, 0) is 28.5 Å². The van der Waals surface area contributed by atoms with Gasteiger partial charge in [0, 0.05) is 19.3 Å². The van der Waals surface area contributed by atoms with Crippen LogP contribution >= 0.6 is 0 Å². The van der Waals surface area contributed by atoms with E-state index >= 15 is 0 Å². The van der Waals surface area contributed by atoms with Crippen molar-refractivity contribution in [1.82, 2.24) is 15.0 Å². The highest BCUT2D eigenvalue weighted by Crippen LogP contribution is 2.38. The summed E-state index contributed by atoms with van der Waals surface area (Å²) in [5.74, 6) is -0.609. The smallest absolute Gasteiger partial charge is 0.330 e. The van der Waals surface area contributed by atoms with Crippen LogP contribution < -0.4 is 0 Å². The second-order valence-electron chi connectivity index (χ2n) is 10.1. The van der Waals surface area contributed by atoms with E-state index < -0.39 is 12.0 Å². The van der Waals surface area contributed by atoms with Gasteiger partial charge in [-0.25, -0.2) is 4.79 Å². The van der Waals surface area contributed by atoms with E-state index in [-0.39, 0.29) is 36.9 Å². The van der Waals surface area contributed by atoms with Crippen molar-refractivity contribution in [3.63, 3.8) is 0 Å². The first-order valence-corrected chi connectivity index (χ1v) is 13.1. The normalized spacial score (nSPS) is 18.3. The lowest BCUT2D eigenvalue weighted by Gasteiger charge is -2.31. The summed E-state index contributed by atoms with van der Waals surface area (Å²) in [6, 6.07) is 6.97. The molecule has 3 rings (SSSR count). The van der Waals surface area contributed by atoms with Gasteiger partial charge in [0.1, 0.15) is 23.7 Å². The molecule has 1 heterocycles. The Kier molecular flexibility index (Phi) is 11.6. The van der Waals surface area contributed by atoms with Gasteiger partial charge in [0.15, 0.2) is 5.78 Å². The molecule has 0 spiro atoms. The van der Waals surface area contributed by atoms with Gasteiger partial charge >= 0.3 is 5.97 Å². The minimum Gasteiger partial charge on any atom is -0.460 e. The van der Waals surface area contributed by atoms with E-state index in [1.807, 2.05) is 51.1 Å². The molecule has 2 unspecified atom stereocenters. The Hall–Kier alpha value is -2.92. The van der Waals surface area contributed by atoms with Crippen molar-refractivity contribution in [3.8, 4) is 0 Å². The fourth-order valence-electron chi connectivity index (χ4n) is 4.04. The van der Waals surface area contributed by atoms with Crippen LogP contribution in [0.25, 0.3) is 11.0 Å². The maximum atomic E-state index is 13.4. The van der Waals surface area contributed by atoms with Gasteiger partial charge in [0.25, 0.3) is 0 Å². The summed E-state index contributed by atoms with van der Waals surface area (Å²) in [6.45, 7) is 8.77. The van der Waals surface area contributed by atoms with E-state index in [0.717, 1.165) is 11.0 Å². The van der Waals surface area contributed by atoms with Gasteiger partial charge in [-0.3, -0.25) is 4.79 Å². The van der Waals surface area contributed by atoms with Crippen molar-refractivity contribution in [3.05, 3.63) is 48.1 Å². The van der Waals surface area contributed by atoms with Crippen molar-refractivity contribution >= 4 is 22.8 Å². The third kappa shape index (κ3) is 9.13. The first-order valence-electron chi connectivity index (χ1n) is 13.1. The molecule has 10 nitrogen and oxygen atoms in total. The number of fused-ring (bicyclic) bond motifs is 1. The summed E-state index contributed by atoms with van der Waals surface area (Å²) < 4.78 is 21.3. The van der Waals surface area contributed by atoms with E-state index in [0.29, 0.717) is 51.4 Å². The quantitative estimate of drug-likeness (QED) is 0.211. The molecule has 10 heteroatoms. The van der Waals surface area contributed by atoms with Crippen LogP contribution in [0.1, 0.15) is 39.7 Å². The first kappa shape index (κ1) is 29.6. The predicted octanol–water partition coefficient (Wildman–Crippen LogP) is 3.07. The summed E-state index contributed by atoms with van der Waals surface area (Å²) >= 11 is 0. The number of Topliss-reactive ketones (excluding diaryl/α,β-unsaturated/α-hetero) is 1. The Labute approximate surface area is 223 Å². The number of ketones is 1. The molecule has 2 aromatic rings. The van der Waals surface area contributed by atoms with E-state index in [1.54, 1.807) is 6.08 Å². The number of carbonyl (C=O) groups excluding carboxylic acids is 2. The van der Waals surface area contributed by atoms with Crippen LogP contribution in [-0.4, -0.2) is 84.7 Å². The number of esters is 1. The monoisotopic (exact) mass is 529 g/mol. The zero-order valence-electron chi connectivity index (χ0n) is 22.5. The van der Waals surface area contributed by atoms with E-state index in [2.05, 4.69) is 10.2 Å². The minimum atomic E-state index is -0.546. The highest BCUT2D eigenvalue weighted by atomic mass is 16.6. The number of nitrogens with zero attached hydrogens (tertiary/aromatic N) is 3. The zero-order valence-corrected chi connectivity index (χ0v) is 22.5. The number of allylic oxidation sites excluding steroid dienone is 3. The van der Waals surface area contributed by atoms with Crippen molar-refractivity contribution < 1.29 is 33.6 Å². The second-order valence-corrected chi connectivity index (χ2v) is 10.1. The third-order valence-corrected chi connectivity index (χ3v) is 5.98. The average Bonchev–Trinajstić information content (AvgIpc) is 3.32. The topological polar surface area (TPSA) is 122 Å². The number of aromatic nitrogens is 3. The Balaban J connectivity index is 1.45. The summed E-state index contributed by atoms with van der Waals surface area (Å²) in [5.41, 5.74) is 1.81. The van der Waals surface area contributed by atoms with E-state index in [9.17, 15) is 9.59 Å². The third-order valence-electron chi connectivity index (χ3n) is 5.98. The molecule has 208 valence electrons. The Morgan fingerprint density at radius 3 is 2.16 bits per heavy atom. The van der Waals surface area contributed by atoms with Crippen LogP contribution in [0.5, 0.6) is 0 Å². The Bertz CT molecular complexity index is 1070. The fraction of sp³-hybridized carbons (Fsp3) is 0.571. The van der Waals surface area contributed by atoms with Crippen molar-refractivity contribution in [1.29, 1.82) is 0 Å². The maximum absolute atomic E-state index is 13.4. The molecule has 1 aliphatic rings. The van der Waals surface area contributed by atoms with Gasteiger partial charge in [0.2, 0.25) is 0 Å². The molecule has 0 bridgehead atoms. The molecule has 0 radical (unpaired) electrons. The summed E-state index contributed by atoms with van der Waals surface area (Å²) in [6.07, 6.45) is 6.19. The maximum Gasteiger partial charge on any atom is 0.330 e. The Morgan fingerprint density at radius 1 is 1.00 bits per heavy atom. The molecule has 0 amide bonds. The molecule has 2 atom stereocenters. The van der Waals surface area contributed by atoms with Crippen molar-refractivity contribution in [2.24, 2.45) is 11.3 Å². The second kappa shape index (κ2) is 14.9. The van der Waals surface area contributed by atoms with Crippen LogP contribution in [0.4, 0.5) is 0 Å². The highest BCUT2D eigenvalue weighted by Gasteiger charge is 2.37. The van der Waals surface area contributed by atoms with Crippen LogP contribution in [0.3, 0.4) is 0 Å². The number of rotatable bonds is 15. The molecule has 0 saturated carbocycles. The lowest BCUT2D eigenvalue weighted by atomic mass is 9.74. The molecule has 1 aromatic heterocycles. The molecule has 0 saturated heterocycles. The van der Waals surface area contributed by atoms with Gasteiger partial charge < -0.3 is 24.1 Å². The lowest BCUT2D eigenvalue weighted by Crippen LogP contribution is -2.33. The molecule has 0 aliphatic heterocycles. The van der Waals surface area contributed by atoms with Gasteiger partial charge in [0.05, 0.1) is 33.0 Å². The molecule has 1 aliphatic carbocycles. The number of aliphatic hydroxyl groups is 1. The molecular formula is C28H39N3O7. The summed E-state index contributed by atoms with van der Waals surface area (Å²) in [5, 5.41) is 17.7. The largest absolute Gasteiger partial charge is 0.460 e. The summed E-state index contributed by atoms with van der Waals surface area (Å²) in [7, 11) is 0. The van der Waals surface area contributed by atoms with Crippen molar-refractivity contribution in [2.45, 2.75) is 39.7 Å². The number of benzene rings is 1. The first-order chi connectivity index (χ1) is 18.3. The Morgan fingerprint density at radius 2 is 1.58 bits per heavy atom. The molecule has 38 heavy (non-hydrogen) atoms. The molecule has 1 N–H and O–H groups in total. The van der Waals surface area contributed by atoms with Crippen LogP contribution in [0.2, 0.25) is 0 Å². The van der Waals surface area contributed by atoms with Gasteiger partial charge in [-0.05, 0) is 41.9 Å². The van der Waals surface area contributed by atoms with Gasteiger partial charge in [-0.15, -0.1) is 0 Å². The van der Waals surface area contributed by atoms with Gasteiger partial charge in [-0.2, -0.15) is 15.0 Å². The zero-order chi connectivity index (χ0) is 27.4. The fourth-order valence-corrected chi connectivity index (χ4v) is 4.04. The number of hydrogen-bond donors (Lipinski definition) is 1. The van der Waals surface area contributed by atoms with Gasteiger partial charge in [-0.1, -0.05) is 45.1 Å². The molecule has 0 fully saturated rings. The minimum absolute atomic E-state index is 0.000356. The number of aliphatic hydroxyl groups excluding tert-OH is 1. The molecule has 1 aromatic carbocycles. The average molecular weight is 530 g/mol. The SMILES string of the molecule is CC(C)(C)C1=CC(C=CC(=O)OCCOCCOCCOCCCO)CC(n2nc3ccccc3n2)C1=O. The van der Waals surface area contributed by atoms with E-state index in [4.69, 9.17) is 24.1 Å². The molecular weight excluding hydrogens is 490 g/mol. The number of carbonyl (C=O) groups is 2.